The smallest absolute Gasteiger partial charge is 0.359 e. The molecule has 1 saturated carbocycles. The second kappa shape index (κ2) is 4.35. The van der Waals surface area contributed by atoms with Gasteiger partial charge in [0.2, 0.25) is 5.69 Å². The first kappa shape index (κ1) is 12.5. The summed E-state index contributed by atoms with van der Waals surface area (Å²) in [4.78, 5) is 21.8. The van der Waals surface area contributed by atoms with Gasteiger partial charge >= 0.3 is 11.9 Å². The van der Waals surface area contributed by atoms with E-state index in [1.54, 1.807) is 0 Å². The second-order valence-corrected chi connectivity index (χ2v) is 4.41. The molecule has 7 nitrogen and oxygen atoms in total. The number of nitrogens with zero attached hydrogens (tertiary/aromatic N) is 3. The highest BCUT2D eigenvalue weighted by molar-refractivity contribution is 5.98. The zero-order valence-electron chi connectivity index (χ0n) is 9.47. The molecule has 1 heterocycles. The molecule has 2 N–H and O–H groups in total. The molecule has 1 fully saturated rings. The predicted octanol–water partition coefficient (Wildman–Crippen LogP) is 0.957. The van der Waals surface area contributed by atoms with Crippen molar-refractivity contribution in [2.45, 2.75) is 37.9 Å². The predicted molar refractivity (Wildman–Crippen MR) is 56.2 cm³/mol. The molecule has 0 bridgehead atoms. The number of carbonyl (C=O) groups is 2. The molecule has 0 unspecified atom stereocenters. The number of hydrogen-bond acceptors (Lipinski definition) is 4. The number of rotatable bonds is 4. The molecule has 0 saturated heterocycles. The van der Waals surface area contributed by atoms with Crippen LogP contribution in [-0.4, -0.2) is 42.8 Å². The van der Waals surface area contributed by atoms with Crippen molar-refractivity contribution in [3.8, 4) is 0 Å². The average molecular weight is 257 g/mol. The topological polar surface area (TPSA) is 105 Å². The van der Waals surface area contributed by atoms with E-state index in [0.717, 1.165) is 17.5 Å². The molecule has 0 atom stereocenters. The molecule has 1 aliphatic carbocycles. The number of carboxylic acids is 2. The van der Waals surface area contributed by atoms with Gasteiger partial charge in [-0.1, -0.05) is 18.1 Å². The number of hydrogen-bond donors (Lipinski definition) is 2. The minimum atomic E-state index is -1.52. The van der Waals surface area contributed by atoms with E-state index in [1.807, 2.05) is 0 Å². The highest BCUT2D eigenvalue weighted by Crippen LogP contribution is 2.34. The molecule has 0 aliphatic heterocycles. The van der Waals surface area contributed by atoms with Crippen LogP contribution in [0.4, 0.5) is 4.39 Å². The Morgan fingerprint density at radius 1 is 1.28 bits per heavy atom. The van der Waals surface area contributed by atoms with Crippen molar-refractivity contribution in [1.29, 1.82) is 0 Å². The second-order valence-electron chi connectivity index (χ2n) is 4.41. The SMILES string of the molecule is O=C(O)c1nnn(CC2(F)CCCC2)c1C(=O)O. The summed E-state index contributed by atoms with van der Waals surface area (Å²) in [7, 11) is 0. The Kier molecular flexibility index (Phi) is 3.02. The molecule has 1 aliphatic rings. The summed E-state index contributed by atoms with van der Waals surface area (Å²) in [5.74, 6) is -2.96. The van der Waals surface area contributed by atoms with E-state index in [2.05, 4.69) is 10.3 Å². The summed E-state index contributed by atoms with van der Waals surface area (Å²) < 4.78 is 15.1. The van der Waals surface area contributed by atoms with E-state index in [-0.39, 0.29) is 6.54 Å². The van der Waals surface area contributed by atoms with Gasteiger partial charge in [-0.05, 0) is 12.8 Å². The van der Waals surface area contributed by atoms with Crippen LogP contribution in [0.1, 0.15) is 46.7 Å². The summed E-state index contributed by atoms with van der Waals surface area (Å²) in [6, 6.07) is 0. The van der Waals surface area contributed by atoms with E-state index in [0.29, 0.717) is 12.8 Å². The summed E-state index contributed by atoms with van der Waals surface area (Å²) in [5.41, 5.74) is -2.76. The Bertz CT molecular complexity index is 493. The fourth-order valence-electron chi connectivity index (χ4n) is 2.21. The summed E-state index contributed by atoms with van der Waals surface area (Å²) in [6.45, 7) is -0.269. The molecule has 0 radical (unpaired) electrons. The van der Waals surface area contributed by atoms with E-state index >= 15 is 0 Å². The lowest BCUT2D eigenvalue weighted by molar-refractivity contribution is 0.0632. The van der Waals surface area contributed by atoms with Gasteiger partial charge < -0.3 is 10.2 Å². The standard InChI is InChI=1S/C10H12FN3O4/c11-10(3-1-2-4-10)5-14-7(9(17)18)6(8(15)16)12-13-14/h1-5H2,(H,15,16)(H,17,18). The van der Waals surface area contributed by atoms with Gasteiger partial charge in [0.25, 0.3) is 0 Å². The Balaban J connectivity index is 2.33. The molecule has 1 aromatic heterocycles. The molecule has 0 amide bonds. The highest BCUT2D eigenvalue weighted by Gasteiger charge is 2.37. The summed E-state index contributed by atoms with van der Waals surface area (Å²) >= 11 is 0. The molecular weight excluding hydrogens is 245 g/mol. The van der Waals surface area contributed by atoms with Crippen LogP contribution in [0.5, 0.6) is 0 Å². The summed E-state index contributed by atoms with van der Waals surface area (Å²) in [5, 5.41) is 24.4. The Hall–Kier alpha value is -1.99. The largest absolute Gasteiger partial charge is 0.476 e. The number of aromatic carboxylic acids is 2. The molecule has 0 spiro atoms. The van der Waals surface area contributed by atoms with Crippen molar-refractivity contribution >= 4 is 11.9 Å². The van der Waals surface area contributed by atoms with Crippen LogP contribution in [0.15, 0.2) is 0 Å². The van der Waals surface area contributed by atoms with Gasteiger partial charge in [0, 0.05) is 0 Å². The molecule has 18 heavy (non-hydrogen) atoms. The normalized spacial score (nSPS) is 17.8. The molecule has 8 heteroatoms. The van der Waals surface area contributed by atoms with Crippen molar-refractivity contribution in [3.05, 3.63) is 11.4 Å². The van der Waals surface area contributed by atoms with Gasteiger partial charge in [-0.2, -0.15) is 0 Å². The van der Waals surface area contributed by atoms with Gasteiger partial charge in [-0.25, -0.2) is 18.7 Å². The highest BCUT2D eigenvalue weighted by atomic mass is 19.1. The van der Waals surface area contributed by atoms with E-state index in [1.165, 1.54) is 0 Å². The van der Waals surface area contributed by atoms with Gasteiger partial charge in [0.1, 0.15) is 5.67 Å². The van der Waals surface area contributed by atoms with Crippen molar-refractivity contribution in [1.82, 2.24) is 15.0 Å². The number of carboxylic acid groups (broad SMARTS) is 2. The zero-order chi connectivity index (χ0) is 13.3. The third-order valence-corrected chi connectivity index (χ3v) is 3.07. The van der Waals surface area contributed by atoms with E-state index < -0.39 is 29.0 Å². The van der Waals surface area contributed by atoms with Crippen molar-refractivity contribution < 1.29 is 24.2 Å². The Morgan fingerprint density at radius 3 is 2.39 bits per heavy atom. The van der Waals surface area contributed by atoms with Crippen molar-refractivity contribution in [3.63, 3.8) is 0 Å². The lowest BCUT2D eigenvalue weighted by Gasteiger charge is -2.18. The molecular formula is C10H12FN3O4. The molecule has 1 aromatic rings. The fraction of sp³-hybridized carbons (Fsp3) is 0.600. The number of alkyl halides is 1. The average Bonchev–Trinajstić information content (AvgIpc) is 2.85. The monoisotopic (exact) mass is 257 g/mol. The van der Waals surface area contributed by atoms with Crippen molar-refractivity contribution in [2.75, 3.05) is 0 Å². The summed E-state index contributed by atoms with van der Waals surface area (Å²) in [6.07, 6.45) is 2.13. The first-order valence-corrected chi connectivity index (χ1v) is 5.52. The minimum absolute atomic E-state index is 0.269. The van der Waals surface area contributed by atoms with Gasteiger partial charge in [-0.3, -0.25) is 0 Å². The van der Waals surface area contributed by atoms with Gasteiger partial charge in [-0.15, -0.1) is 5.10 Å². The quantitative estimate of drug-likeness (QED) is 0.832. The zero-order valence-corrected chi connectivity index (χ0v) is 9.47. The van der Waals surface area contributed by atoms with Crippen LogP contribution in [0, 0.1) is 0 Å². The van der Waals surface area contributed by atoms with E-state index in [9.17, 15) is 14.0 Å². The number of halogens is 1. The molecule has 2 rings (SSSR count). The molecule has 0 aromatic carbocycles. The van der Waals surface area contributed by atoms with Crippen LogP contribution in [-0.2, 0) is 6.54 Å². The van der Waals surface area contributed by atoms with Crippen LogP contribution < -0.4 is 0 Å². The minimum Gasteiger partial charge on any atom is -0.476 e. The van der Waals surface area contributed by atoms with Crippen molar-refractivity contribution in [2.24, 2.45) is 0 Å². The van der Waals surface area contributed by atoms with Gasteiger partial charge in [0.05, 0.1) is 6.54 Å². The third kappa shape index (κ3) is 2.18. The fourth-order valence-corrected chi connectivity index (χ4v) is 2.21. The van der Waals surface area contributed by atoms with E-state index in [4.69, 9.17) is 10.2 Å². The lowest BCUT2D eigenvalue weighted by Crippen LogP contribution is -2.28. The Morgan fingerprint density at radius 2 is 1.89 bits per heavy atom. The maximum Gasteiger partial charge on any atom is 0.359 e. The first-order chi connectivity index (χ1) is 8.43. The first-order valence-electron chi connectivity index (χ1n) is 5.52. The van der Waals surface area contributed by atoms with Crippen LogP contribution in [0.25, 0.3) is 0 Å². The lowest BCUT2D eigenvalue weighted by atomic mass is 10.1. The maximum absolute atomic E-state index is 14.2. The third-order valence-electron chi connectivity index (χ3n) is 3.07. The Labute approximate surface area is 101 Å². The number of aromatic nitrogens is 3. The van der Waals surface area contributed by atoms with Crippen LogP contribution in [0.3, 0.4) is 0 Å². The molecule has 98 valence electrons. The maximum atomic E-state index is 14.2. The van der Waals surface area contributed by atoms with Gasteiger partial charge in [0.15, 0.2) is 5.69 Å². The van der Waals surface area contributed by atoms with Crippen LogP contribution >= 0.6 is 0 Å². The van der Waals surface area contributed by atoms with Crippen LogP contribution in [0.2, 0.25) is 0 Å².